The Labute approximate surface area is 104 Å². The maximum absolute atomic E-state index is 13.1. The second kappa shape index (κ2) is 5.27. The van der Waals surface area contributed by atoms with E-state index in [9.17, 15) is 18.3 Å². The van der Waals surface area contributed by atoms with E-state index in [0.717, 1.165) is 0 Å². The van der Waals surface area contributed by atoms with E-state index in [-0.39, 0.29) is 6.42 Å². The molecule has 0 aliphatic heterocycles. The number of alkyl halides is 3. The molecule has 18 heavy (non-hydrogen) atoms. The second-order valence-electron chi connectivity index (χ2n) is 4.22. The fourth-order valence-electron chi connectivity index (χ4n) is 1.87. The molecule has 1 rings (SSSR count). The van der Waals surface area contributed by atoms with Crippen molar-refractivity contribution in [3.63, 3.8) is 0 Å². The van der Waals surface area contributed by atoms with Gasteiger partial charge in [-0.15, -0.1) is 0 Å². The quantitative estimate of drug-likeness (QED) is 0.853. The summed E-state index contributed by atoms with van der Waals surface area (Å²) < 4.78 is 40.7. The largest absolute Gasteiger partial charge is 0.426 e. The Kier molecular flexibility index (Phi) is 4.39. The third-order valence-corrected chi connectivity index (χ3v) is 2.93. The van der Waals surface area contributed by atoms with E-state index in [1.54, 1.807) is 0 Å². The van der Waals surface area contributed by atoms with Gasteiger partial charge in [-0.25, -0.2) is 4.98 Å². The lowest BCUT2D eigenvalue weighted by atomic mass is 9.91. The molecule has 0 saturated heterocycles. The van der Waals surface area contributed by atoms with Crippen LogP contribution in [-0.4, -0.2) is 26.9 Å². The number of hydrogen-bond acceptors (Lipinski definition) is 3. The van der Waals surface area contributed by atoms with Gasteiger partial charge in [0.15, 0.2) is 5.82 Å². The van der Waals surface area contributed by atoms with Crippen LogP contribution in [-0.2, 0) is 12.1 Å². The van der Waals surface area contributed by atoms with Crippen molar-refractivity contribution in [2.24, 2.45) is 5.73 Å². The molecule has 104 valence electrons. The molecular weight excluding hydrogens is 247 g/mol. The molecule has 0 spiro atoms. The fraction of sp³-hybridized carbons (Fsp3) is 0.727. The molecule has 2 atom stereocenters. The minimum absolute atomic E-state index is 0.00497. The van der Waals surface area contributed by atoms with Gasteiger partial charge >= 0.3 is 6.18 Å². The molecule has 0 fully saturated rings. The van der Waals surface area contributed by atoms with E-state index in [0.29, 0.717) is 13.0 Å². The van der Waals surface area contributed by atoms with E-state index < -0.39 is 23.6 Å². The molecule has 7 heteroatoms. The zero-order valence-corrected chi connectivity index (χ0v) is 10.4. The summed E-state index contributed by atoms with van der Waals surface area (Å²) in [6.45, 7) is 3.68. The molecule has 0 bridgehead atoms. The average molecular weight is 265 g/mol. The number of aliphatic hydroxyl groups is 1. The third kappa shape index (κ3) is 2.37. The van der Waals surface area contributed by atoms with E-state index in [2.05, 4.69) is 4.98 Å². The number of aromatic nitrogens is 2. The van der Waals surface area contributed by atoms with Crippen LogP contribution in [0.5, 0.6) is 0 Å². The number of imidazole rings is 1. The minimum atomic E-state index is -4.86. The van der Waals surface area contributed by atoms with Crippen LogP contribution in [0, 0.1) is 0 Å². The van der Waals surface area contributed by atoms with Crippen LogP contribution >= 0.6 is 0 Å². The number of aryl methyl sites for hydroxylation is 1. The van der Waals surface area contributed by atoms with Crippen molar-refractivity contribution < 1.29 is 18.3 Å². The lowest BCUT2D eigenvalue weighted by Crippen LogP contribution is -2.56. The van der Waals surface area contributed by atoms with E-state index >= 15 is 0 Å². The first kappa shape index (κ1) is 15.0. The number of hydrogen-bond donors (Lipinski definition) is 2. The number of rotatable bonds is 5. The van der Waals surface area contributed by atoms with E-state index in [1.807, 2.05) is 6.92 Å². The van der Waals surface area contributed by atoms with Gasteiger partial charge in [0.25, 0.3) is 0 Å². The highest BCUT2D eigenvalue weighted by Crippen LogP contribution is 2.41. The van der Waals surface area contributed by atoms with Gasteiger partial charge in [-0.3, -0.25) is 0 Å². The highest BCUT2D eigenvalue weighted by molar-refractivity contribution is 5.13. The van der Waals surface area contributed by atoms with Crippen LogP contribution in [0.25, 0.3) is 0 Å². The number of halogens is 3. The van der Waals surface area contributed by atoms with Crippen LogP contribution < -0.4 is 5.73 Å². The number of nitrogens with two attached hydrogens (primary N) is 1. The third-order valence-electron chi connectivity index (χ3n) is 2.93. The summed E-state index contributed by atoms with van der Waals surface area (Å²) in [5.74, 6) is -0.439. The van der Waals surface area contributed by atoms with Gasteiger partial charge in [0.05, 0.1) is 0 Å². The van der Waals surface area contributed by atoms with Crippen molar-refractivity contribution in [2.45, 2.75) is 51.1 Å². The lowest BCUT2D eigenvalue weighted by Gasteiger charge is -2.34. The molecule has 0 amide bonds. The standard InChI is InChI=1S/C11H18F3N3O/c1-3-6-17-7-5-16-9(17)10(18,8(15)4-2)11(12,13)14/h5,7-8,18H,3-4,6,15H2,1-2H3. The SMILES string of the molecule is CCCn1ccnc1C(O)(C(N)CC)C(F)(F)F. The van der Waals surface area contributed by atoms with Gasteiger partial charge in [-0.1, -0.05) is 13.8 Å². The predicted molar refractivity (Wildman–Crippen MR) is 60.7 cm³/mol. The van der Waals surface area contributed by atoms with Gasteiger partial charge in [0.2, 0.25) is 5.60 Å². The minimum Gasteiger partial charge on any atom is -0.373 e. The molecule has 0 radical (unpaired) electrons. The summed E-state index contributed by atoms with van der Waals surface area (Å²) in [6.07, 6.45) is -1.57. The van der Waals surface area contributed by atoms with Gasteiger partial charge < -0.3 is 15.4 Å². The van der Waals surface area contributed by atoms with Crippen molar-refractivity contribution in [1.29, 1.82) is 0 Å². The van der Waals surface area contributed by atoms with Crippen molar-refractivity contribution in [3.05, 3.63) is 18.2 Å². The first-order valence-electron chi connectivity index (χ1n) is 5.85. The van der Waals surface area contributed by atoms with Gasteiger partial charge in [0.1, 0.15) is 0 Å². The normalized spacial score (nSPS) is 17.5. The van der Waals surface area contributed by atoms with Gasteiger partial charge in [-0.2, -0.15) is 13.2 Å². The van der Waals surface area contributed by atoms with Crippen LogP contribution in [0.3, 0.4) is 0 Å². The summed E-state index contributed by atoms with van der Waals surface area (Å²) in [5.41, 5.74) is 2.36. The summed E-state index contributed by atoms with van der Waals surface area (Å²) in [7, 11) is 0. The smallest absolute Gasteiger partial charge is 0.373 e. The summed E-state index contributed by atoms with van der Waals surface area (Å²) in [5, 5.41) is 10.1. The van der Waals surface area contributed by atoms with Crippen molar-refractivity contribution in [2.75, 3.05) is 0 Å². The Hall–Kier alpha value is -1.08. The van der Waals surface area contributed by atoms with Crippen molar-refractivity contribution in [1.82, 2.24) is 9.55 Å². The van der Waals surface area contributed by atoms with Crippen LogP contribution in [0.15, 0.2) is 12.4 Å². The van der Waals surface area contributed by atoms with E-state index in [4.69, 9.17) is 5.73 Å². The molecule has 1 aromatic heterocycles. The maximum Gasteiger partial charge on any atom is 0.426 e. The maximum atomic E-state index is 13.1. The Bertz CT molecular complexity index is 391. The second-order valence-corrected chi connectivity index (χ2v) is 4.22. The molecule has 0 saturated carbocycles. The zero-order chi connectivity index (χ0) is 14.0. The van der Waals surface area contributed by atoms with Crippen LogP contribution in [0.2, 0.25) is 0 Å². The Morgan fingerprint density at radius 2 is 2.06 bits per heavy atom. The molecule has 1 heterocycles. The average Bonchev–Trinajstić information content (AvgIpc) is 2.74. The molecule has 1 aromatic rings. The number of nitrogens with zero attached hydrogens (tertiary/aromatic N) is 2. The monoisotopic (exact) mass is 265 g/mol. The summed E-state index contributed by atoms with van der Waals surface area (Å²) in [6, 6.07) is -1.45. The summed E-state index contributed by atoms with van der Waals surface area (Å²) in [4.78, 5) is 3.66. The molecular formula is C11H18F3N3O. The molecule has 4 nitrogen and oxygen atoms in total. The topological polar surface area (TPSA) is 64.1 Å². The van der Waals surface area contributed by atoms with Crippen molar-refractivity contribution >= 4 is 0 Å². The molecule has 0 aliphatic carbocycles. The molecule has 2 unspecified atom stereocenters. The predicted octanol–water partition coefficient (Wildman–Crippen LogP) is 1.78. The van der Waals surface area contributed by atoms with Crippen LogP contribution in [0.4, 0.5) is 13.2 Å². The Balaban J connectivity index is 3.31. The highest BCUT2D eigenvalue weighted by atomic mass is 19.4. The lowest BCUT2D eigenvalue weighted by molar-refractivity contribution is -0.278. The first-order valence-corrected chi connectivity index (χ1v) is 5.85. The Morgan fingerprint density at radius 3 is 2.50 bits per heavy atom. The van der Waals surface area contributed by atoms with E-state index in [1.165, 1.54) is 23.9 Å². The van der Waals surface area contributed by atoms with Gasteiger partial charge in [-0.05, 0) is 12.8 Å². The van der Waals surface area contributed by atoms with Crippen molar-refractivity contribution in [3.8, 4) is 0 Å². The fourth-order valence-corrected chi connectivity index (χ4v) is 1.87. The molecule has 0 aliphatic rings. The Morgan fingerprint density at radius 1 is 1.44 bits per heavy atom. The highest BCUT2D eigenvalue weighted by Gasteiger charge is 2.60. The molecule has 0 aromatic carbocycles. The van der Waals surface area contributed by atoms with Gasteiger partial charge in [0, 0.05) is 25.0 Å². The molecule has 3 N–H and O–H groups in total. The first-order chi connectivity index (χ1) is 8.29. The summed E-state index contributed by atoms with van der Waals surface area (Å²) >= 11 is 0. The zero-order valence-electron chi connectivity index (χ0n) is 10.4. The van der Waals surface area contributed by atoms with Crippen LogP contribution in [0.1, 0.15) is 32.5 Å².